The lowest BCUT2D eigenvalue weighted by Gasteiger charge is -2.17. The van der Waals surface area contributed by atoms with Crippen LogP contribution in [0.5, 0.6) is 0 Å². The molecule has 0 fully saturated rings. The van der Waals surface area contributed by atoms with Crippen LogP contribution in [0, 0.1) is 0 Å². The van der Waals surface area contributed by atoms with Gasteiger partial charge in [-0.3, -0.25) is 4.99 Å². The van der Waals surface area contributed by atoms with E-state index in [2.05, 4.69) is 27.8 Å². The minimum Gasteiger partial charge on any atom is -0.394 e. The van der Waals surface area contributed by atoms with Gasteiger partial charge in [0.25, 0.3) is 0 Å². The predicted octanol–water partition coefficient (Wildman–Crippen LogP) is 0.139. The van der Waals surface area contributed by atoms with Crippen LogP contribution in [0.3, 0.4) is 0 Å². The first kappa shape index (κ1) is 11.0. The van der Waals surface area contributed by atoms with Gasteiger partial charge < -0.3 is 15.7 Å². The van der Waals surface area contributed by atoms with Crippen LogP contribution in [-0.4, -0.2) is 36.8 Å². The summed E-state index contributed by atoms with van der Waals surface area (Å²) in [6.07, 6.45) is 0.804. The van der Waals surface area contributed by atoms with Crippen molar-refractivity contribution in [1.29, 1.82) is 0 Å². The molecule has 1 unspecified atom stereocenters. The van der Waals surface area contributed by atoms with Gasteiger partial charge in [-0.15, -0.1) is 0 Å². The molecular formula is C12H17N3O. The number of guanidine groups is 1. The van der Waals surface area contributed by atoms with Crippen molar-refractivity contribution in [3.05, 3.63) is 35.9 Å². The molecule has 0 spiro atoms. The average Bonchev–Trinajstić information content (AvgIpc) is 2.82. The Labute approximate surface area is 95.4 Å². The zero-order valence-electron chi connectivity index (χ0n) is 9.19. The van der Waals surface area contributed by atoms with E-state index in [1.54, 1.807) is 0 Å². The number of benzene rings is 1. The first-order valence-electron chi connectivity index (χ1n) is 5.58. The molecule has 1 heterocycles. The van der Waals surface area contributed by atoms with Crippen LogP contribution in [0.4, 0.5) is 0 Å². The smallest absolute Gasteiger partial charge is 0.191 e. The molecule has 16 heavy (non-hydrogen) atoms. The molecule has 0 radical (unpaired) electrons. The fourth-order valence-corrected chi connectivity index (χ4v) is 1.75. The maximum atomic E-state index is 9.30. The summed E-state index contributed by atoms with van der Waals surface area (Å²) < 4.78 is 0. The van der Waals surface area contributed by atoms with Gasteiger partial charge in [-0.1, -0.05) is 30.3 Å². The number of rotatable bonds is 4. The molecule has 1 aromatic rings. The second-order valence-corrected chi connectivity index (χ2v) is 3.87. The number of nitrogens with zero attached hydrogens (tertiary/aromatic N) is 1. The largest absolute Gasteiger partial charge is 0.394 e. The van der Waals surface area contributed by atoms with Gasteiger partial charge in [-0.25, -0.2) is 0 Å². The van der Waals surface area contributed by atoms with Crippen LogP contribution in [0.1, 0.15) is 5.56 Å². The average molecular weight is 219 g/mol. The van der Waals surface area contributed by atoms with E-state index in [4.69, 9.17) is 0 Å². The number of aliphatic imine (C=N–C) groups is 1. The molecule has 0 saturated carbocycles. The third kappa shape index (κ3) is 2.97. The van der Waals surface area contributed by atoms with Gasteiger partial charge >= 0.3 is 0 Å². The van der Waals surface area contributed by atoms with E-state index in [0.29, 0.717) is 0 Å². The highest BCUT2D eigenvalue weighted by molar-refractivity contribution is 5.81. The van der Waals surface area contributed by atoms with Crippen molar-refractivity contribution in [2.45, 2.75) is 12.5 Å². The van der Waals surface area contributed by atoms with Gasteiger partial charge in [0, 0.05) is 6.54 Å². The Kier molecular flexibility index (Phi) is 3.77. The van der Waals surface area contributed by atoms with Gasteiger partial charge in [0.15, 0.2) is 5.96 Å². The van der Waals surface area contributed by atoms with E-state index in [0.717, 1.165) is 25.5 Å². The SMILES string of the molecule is OCC(Cc1ccccc1)NC1=NCCN1. The van der Waals surface area contributed by atoms with E-state index >= 15 is 0 Å². The second-order valence-electron chi connectivity index (χ2n) is 3.87. The molecule has 3 N–H and O–H groups in total. The third-order valence-electron chi connectivity index (χ3n) is 2.56. The highest BCUT2D eigenvalue weighted by atomic mass is 16.3. The Morgan fingerprint density at radius 3 is 2.81 bits per heavy atom. The topological polar surface area (TPSA) is 56.6 Å². The number of nitrogens with one attached hydrogen (secondary N) is 2. The quantitative estimate of drug-likeness (QED) is 0.675. The standard InChI is InChI=1S/C12H17N3O/c16-9-11(15-12-13-6-7-14-12)8-10-4-2-1-3-5-10/h1-5,11,16H,6-9H2,(H2,13,14,15). The normalized spacial score (nSPS) is 16.4. The maximum Gasteiger partial charge on any atom is 0.191 e. The molecular weight excluding hydrogens is 202 g/mol. The second kappa shape index (κ2) is 5.51. The highest BCUT2D eigenvalue weighted by Crippen LogP contribution is 2.03. The lowest BCUT2D eigenvalue weighted by Crippen LogP contribution is -2.44. The predicted molar refractivity (Wildman–Crippen MR) is 64.5 cm³/mol. The Morgan fingerprint density at radius 2 is 2.19 bits per heavy atom. The number of hydrogen-bond acceptors (Lipinski definition) is 4. The lowest BCUT2D eigenvalue weighted by molar-refractivity contribution is 0.254. The summed E-state index contributed by atoms with van der Waals surface area (Å²) in [5.41, 5.74) is 1.22. The molecule has 0 amide bonds. The van der Waals surface area contributed by atoms with Crippen LogP contribution < -0.4 is 10.6 Å². The van der Waals surface area contributed by atoms with E-state index in [-0.39, 0.29) is 12.6 Å². The zero-order chi connectivity index (χ0) is 11.2. The van der Waals surface area contributed by atoms with Gasteiger partial charge in [-0.05, 0) is 12.0 Å². The molecule has 0 bridgehead atoms. The minimum atomic E-state index is 0.0201. The van der Waals surface area contributed by atoms with Crippen molar-refractivity contribution in [1.82, 2.24) is 10.6 Å². The molecule has 0 aromatic heterocycles. The van der Waals surface area contributed by atoms with Crippen LogP contribution in [-0.2, 0) is 6.42 Å². The van der Waals surface area contributed by atoms with Crippen molar-refractivity contribution in [3.63, 3.8) is 0 Å². The van der Waals surface area contributed by atoms with Crippen LogP contribution in [0.2, 0.25) is 0 Å². The summed E-state index contributed by atoms with van der Waals surface area (Å²) in [6.45, 7) is 1.80. The van der Waals surface area contributed by atoms with Crippen LogP contribution >= 0.6 is 0 Å². The highest BCUT2D eigenvalue weighted by Gasteiger charge is 2.12. The number of hydrogen-bond donors (Lipinski definition) is 3. The van der Waals surface area contributed by atoms with Gasteiger partial charge in [-0.2, -0.15) is 0 Å². The Bertz CT molecular complexity index is 351. The van der Waals surface area contributed by atoms with Crippen molar-refractivity contribution >= 4 is 5.96 Å². The van der Waals surface area contributed by atoms with Gasteiger partial charge in [0.05, 0.1) is 19.2 Å². The van der Waals surface area contributed by atoms with Crippen molar-refractivity contribution in [3.8, 4) is 0 Å². The fourth-order valence-electron chi connectivity index (χ4n) is 1.75. The fraction of sp³-hybridized carbons (Fsp3) is 0.417. The summed E-state index contributed by atoms with van der Waals surface area (Å²) in [6, 6.07) is 10.2. The van der Waals surface area contributed by atoms with E-state index < -0.39 is 0 Å². The molecule has 1 aromatic carbocycles. The maximum absolute atomic E-state index is 9.30. The molecule has 4 heteroatoms. The molecule has 86 valence electrons. The molecule has 4 nitrogen and oxygen atoms in total. The van der Waals surface area contributed by atoms with Crippen molar-refractivity contribution in [2.24, 2.45) is 4.99 Å². The third-order valence-corrected chi connectivity index (χ3v) is 2.56. The number of aliphatic hydroxyl groups excluding tert-OH is 1. The lowest BCUT2D eigenvalue weighted by atomic mass is 10.1. The van der Waals surface area contributed by atoms with Gasteiger partial charge in [0.2, 0.25) is 0 Å². The molecule has 1 aliphatic rings. The number of aliphatic hydroxyl groups is 1. The summed E-state index contributed by atoms with van der Waals surface area (Å²) in [5.74, 6) is 0.801. The van der Waals surface area contributed by atoms with Crippen LogP contribution in [0.25, 0.3) is 0 Å². The van der Waals surface area contributed by atoms with E-state index in [1.807, 2.05) is 18.2 Å². The first-order chi connectivity index (χ1) is 7.88. The summed E-state index contributed by atoms with van der Waals surface area (Å²) in [7, 11) is 0. The minimum absolute atomic E-state index is 0.0201. The molecule has 1 aliphatic heterocycles. The molecule has 2 rings (SSSR count). The zero-order valence-corrected chi connectivity index (χ0v) is 9.19. The Morgan fingerprint density at radius 1 is 1.38 bits per heavy atom. The summed E-state index contributed by atoms with van der Waals surface area (Å²) in [5, 5.41) is 15.6. The van der Waals surface area contributed by atoms with E-state index in [9.17, 15) is 5.11 Å². The molecule has 0 aliphatic carbocycles. The molecule has 0 saturated heterocycles. The van der Waals surface area contributed by atoms with Gasteiger partial charge in [0.1, 0.15) is 0 Å². The van der Waals surface area contributed by atoms with Crippen molar-refractivity contribution in [2.75, 3.05) is 19.7 Å². The van der Waals surface area contributed by atoms with E-state index in [1.165, 1.54) is 5.56 Å². The van der Waals surface area contributed by atoms with Crippen molar-refractivity contribution < 1.29 is 5.11 Å². The first-order valence-corrected chi connectivity index (χ1v) is 5.58. The Balaban J connectivity index is 1.90. The summed E-state index contributed by atoms with van der Waals surface area (Å²) in [4.78, 5) is 4.25. The van der Waals surface area contributed by atoms with Crippen LogP contribution in [0.15, 0.2) is 35.3 Å². The molecule has 1 atom stereocenters. The Hall–Kier alpha value is -1.55. The monoisotopic (exact) mass is 219 g/mol. The summed E-state index contributed by atoms with van der Waals surface area (Å²) >= 11 is 0.